The topological polar surface area (TPSA) is 78.0 Å². The van der Waals surface area contributed by atoms with E-state index in [9.17, 15) is 0 Å². The number of rotatable bonds is 7. The highest BCUT2D eigenvalue weighted by molar-refractivity contribution is 7.11. The average molecular weight is 320 g/mol. The van der Waals surface area contributed by atoms with Gasteiger partial charge in [-0.1, -0.05) is 0 Å². The van der Waals surface area contributed by atoms with Crippen LogP contribution < -0.4 is 10.6 Å². The molecule has 22 heavy (non-hydrogen) atoms. The lowest BCUT2D eigenvalue weighted by Gasteiger charge is -2.10. The quantitative estimate of drug-likeness (QED) is 0.415. The molecule has 0 aliphatic rings. The number of hydrogen-bond donors (Lipinski definition) is 3. The van der Waals surface area contributed by atoms with Crippen LogP contribution in [0, 0.1) is 13.8 Å². The first-order chi connectivity index (χ1) is 10.7. The first-order valence-electron chi connectivity index (χ1n) is 7.61. The Morgan fingerprint density at radius 2 is 2.18 bits per heavy atom. The molecule has 3 N–H and O–H groups in total. The predicted octanol–water partition coefficient (Wildman–Crippen LogP) is 2.17. The Kier molecular flexibility index (Phi) is 6.39. The second-order valence-corrected chi connectivity index (χ2v) is 6.43. The smallest absolute Gasteiger partial charge is 0.191 e. The van der Waals surface area contributed by atoms with Gasteiger partial charge < -0.3 is 10.6 Å². The molecular weight excluding hydrogens is 296 g/mol. The van der Waals surface area contributed by atoms with E-state index in [1.54, 1.807) is 11.3 Å². The lowest BCUT2D eigenvalue weighted by molar-refractivity contribution is 0.742. The Bertz CT molecular complexity index is 601. The van der Waals surface area contributed by atoms with E-state index in [0.29, 0.717) is 6.54 Å². The number of thiazole rings is 1. The molecule has 0 aromatic carbocycles. The van der Waals surface area contributed by atoms with Crippen molar-refractivity contribution in [3.8, 4) is 0 Å². The first kappa shape index (κ1) is 16.5. The molecule has 6 nitrogen and oxygen atoms in total. The van der Waals surface area contributed by atoms with E-state index < -0.39 is 0 Å². The molecule has 0 atom stereocenters. The van der Waals surface area contributed by atoms with Gasteiger partial charge in [-0.05, 0) is 39.2 Å². The van der Waals surface area contributed by atoms with Crippen LogP contribution in [-0.2, 0) is 13.0 Å². The van der Waals surface area contributed by atoms with E-state index in [2.05, 4.69) is 51.6 Å². The highest BCUT2D eigenvalue weighted by Crippen LogP contribution is 2.11. The summed E-state index contributed by atoms with van der Waals surface area (Å²) in [6.07, 6.45) is 5.85. The average Bonchev–Trinajstić information content (AvgIpc) is 3.09. The molecule has 0 radical (unpaired) electrons. The zero-order chi connectivity index (χ0) is 15.8. The van der Waals surface area contributed by atoms with Gasteiger partial charge in [0.15, 0.2) is 5.96 Å². The Balaban J connectivity index is 1.77. The van der Waals surface area contributed by atoms with E-state index in [4.69, 9.17) is 0 Å². The van der Waals surface area contributed by atoms with E-state index in [1.165, 1.54) is 10.4 Å². The first-order valence-corrected chi connectivity index (χ1v) is 8.43. The number of nitrogens with zero attached hydrogens (tertiary/aromatic N) is 3. The number of guanidine groups is 1. The van der Waals surface area contributed by atoms with Crippen molar-refractivity contribution in [2.24, 2.45) is 4.99 Å². The molecule has 0 aliphatic heterocycles. The van der Waals surface area contributed by atoms with Crippen LogP contribution in [-0.4, -0.2) is 34.2 Å². The van der Waals surface area contributed by atoms with Gasteiger partial charge in [-0.15, -0.1) is 11.3 Å². The fourth-order valence-electron chi connectivity index (χ4n) is 2.08. The number of aryl methyl sites for hydroxylation is 3. The van der Waals surface area contributed by atoms with Crippen LogP contribution >= 0.6 is 11.3 Å². The molecule has 0 amide bonds. The van der Waals surface area contributed by atoms with Crippen molar-refractivity contribution in [2.75, 3.05) is 13.1 Å². The highest BCUT2D eigenvalue weighted by atomic mass is 32.1. The number of aromatic nitrogens is 3. The van der Waals surface area contributed by atoms with Gasteiger partial charge >= 0.3 is 0 Å². The van der Waals surface area contributed by atoms with Gasteiger partial charge in [0.05, 0.1) is 12.7 Å². The van der Waals surface area contributed by atoms with Crippen LogP contribution in [0.4, 0.5) is 0 Å². The summed E-state index contributed by atoms with van der Waals surface area (Å²) in [6, 6.07) is 0. The van der Waals surface area contributed by atoms with Crippen molar-refractivity contribution >= 4 is 17.3 Å². The Labute approximate surface area is 135 Å². The van der Waals surface area contributed by atoms with Gasteiger partial charge in [0, 0.05) is 29.9 Å². The summed E-state index contributed by atoms with van der Waals surface area (Å²) < 4.78 is 0. The summed E-state index contributed by atoms with van der Waals surface area (Å²) in [5, 5.41) is 14.7. The molecule has 120 valence electrons. The van der Waals surface area contributed by atoms with Gasteiger partial charge in [0.2, 0.25) is 0 Å². The van der Waals surface area contributed by atoms with E-state index in [0.717, 1.165) is 42.6 Å². The number of nitrogens with one attached hydrogen (secondary N) is 3. The molecule has 0 spiro atoms. The van der Waals surface area contributed by atoms with Crippen LogP contribution in [0.1, 0.15) is 34.5 Å². The monoisotopic (exact) mass is 320 g/mol. The molecule has 0 aliphatic carbocycles. The number of hydrogen-bond acceptors (Lipinski definition) is 4. The van der Waals surface area contributed by atoms with Crippen molar-refractivity contribution < 1.29 is 0 Å². The second-order valence-electron chi connectivity index (χ2n) is 5.11. The fourth-order valence-corrected chi connectivity index (χ4v) is 2.79. The summed E-state index contributed by atoms with van der Waals surface area (Å²) in [6.45, 7) is 8.54. The van der Waals surface area contributed by atoms with Crippen molar-refractivity contribution in [3.63, 3.8) is 0 Å². The minimum Gasteiger partial charge on any atom is -0.357 e. The second kappa shape index (κ2) is 8.53. The SMILES string of the molecule is CCNC(=NCc1ncc(C)s1)NCCCc1cn[nH]c1C. The standard InChI is InChI=1S/C15H24N6S/c1-4-16-15(19-10-14-18-8-11(2)22-14)17-7-5-6-13-9-20-21-12(13)3/h8-9H,4-7,10H2,1-3H3,(H,20,21)(H2,16,17,19). The molecule has 2 heterocycles. The van der Waals surface area contributed by atoms with Crippen molar-refractivity contribution in [2.45, 2.75) is 40.2 Å². The molecule has 0 fully saturated rings. The molecule has 0 unspecified atom stereocenters. The lowest BCUT2D eigenvalue weighted by Crippen LogP contribution is -2.37. The van der Waals surface area contributed by atoms with E-state index >= 15 is 0 Å². The summed E-state index contributed by atoms with van der Waals surface area (Å²) in [4.78, 5) is 10.1. The third-order valence-corrected chi connectivity index (χ3v) is 4.13. The van der Waals surface area contributed by atoms with Gasteiger partial charge in [-0.3, -0.25) is 5.10 Å². The van der Waals surface area contributed by atoms with Crippen LogP contribution in [0.5, 0.6) is 0 Å². The third kappa shape index (κ3) is 5.14. The van der Waals surface area contributed by atoms with E-state index in [1.807, 2.05) is 12.4 Å². The zero-order valence-electron chi connectivity index (χ0n) is 13.4. The van der Waals surface area contributed by atoms with Gasteiger partial charge in [-0.2, -0.15) is 5.10 Å². The predicted molar refractivity (Wildman–Crippen MR) is 91.3 cm³/mol. The Hall–Kier alpha value is -1.89. The van der Waals surface area contributed by atoms with E-state index in [-0.39, 0.29) is 0 Å². The summed E-state index contributed by atoms with van der Waals surface area (Å²) in [5.74, 6) is 0.847. The molecule has 0 bridgehead atoms. The van der Waals surface area contributed by atoms with Gasteiger partial charge in [-0.25, -0.2) is 9.98 Å². The van der Waals surface area contributed by atoms with Crippen molar-refractivity contribution in [3.05, 3.63) is 33.5 Å². The number of aromatic amines is 1. The number of aliphatic imine (C=N–C) groups is 1. The molecule has 7 heteroatoms. The molecular formula is C15H24N6S. The molecule has 0 saturated heterocycles. The maximum Gasteiger partial charge on any atom is 0.191 e. The Morgan fingerprint density at radius 1 is 1.32 bits per heavy atom. The van der Waals surface area contributed by atoms with Crippen molar-refractivity contribution in [1.82, 2.24) is 25.8 Å². The molecule has 2 rings (SSSR count). The zero-order valence-corrected chi connectivity index (χ0v) is 14.3. The van der Waals surface area contributed by atoms with Crippen LogP contribution in [0.3, 0.4) is 0 Å². The van der Waals surface area contributed by atoms with Crippen LogP contribution in [0.2, 0.25) is 0 Å². The molecule has 2 aromatic rings. The Morgan fingerprint density at radius 3 is 2.82 bits per heavy atom. The van der Waals surface area contributed by atoms with Gasteiger partial charge in [0.1, 0.15) is 5.01 Å². The maximum absolute atomic E-state index is 4.57. The summed E-state index contributed by atoms with van der Waals surface area (Å²) in [7, 11) is 0. The van der Waals surface area contributed by atoms with Crippen LogP contribution in [0.25, 0.3) is 0 Å². The number of H-pyrrole nitrogens is 1. The highest BCUT2D eigenvalue weighted by Gasteiger charge is 2.02. The minimum absolute atomic E-state index is 0.620. The van der Waals surface area contributed by atoms with Gasteiger partial charge in [0.25, 0.3) is 0 Å². The summed E-state index contributed by atoms with van der Waals surface area (Å²) in [5.41, 5.74) is 2.43. The van der Waals surface area contributed by atoms with Crippen molar-refractivity contribution in [1.29, 1.82) is 0 Å². The fraction of sp³-hybridized carbons (Fsp3) is 0.533. The lowest BCUT2D eigenvalue weighted by atomic mass is 10.1. The summed E-state index contributed by atoms with van der Waals surface area (Å²) >= 11 is 1.69. The normalized spacial score (nSPS) is 11.7. The third-order valence-electron chi connectivity index (χ3n) is 3.24. The minimum atomic E-state index is 0.620. The largest absolute Gasteiger partial charge is 0.357 e. The molecule has 0 saturated carbocycles. The maximum atomic E-state index is 4.57. The van der Waals surface area contributed by atoms with Crippen LogP contribution in [0.15, 0.2) is 17.4 Å². The molecule has 2 aromatic heterocycles.